The first kappa shape index (κ1) is 12.9. The topological polar surface area (TPSA) is 63.8 Å². The van der Waals surface area contributed by atoms with E-state index >= 15 is 0 Å². The standard InChI is InChI=1S/C15H13BrN4/c1-9-6-7-10(8-12(9)16)18-14-11-4-2-3-5-13(11)19-15(17)20-14/h2-8H,1H3,(H3,17,18,19,20). The molecule has 1 aromatic heterocycles. The van der Waals surface area contributed by atoms with Crippen molar-refractivity contribution in [1.82, 2.24) is 9.97 Å². The summed E-state index contributed by atoms with van der Waals surface area (Å²) in [7, 11) is 0. The van der Waals surface area contributed by atoms with Gasteiger partial charge in [0.05, 0.1) is 5.52 Å². The number of nitrogens with zero attached hydrogens (tertiary/aromatic N) is 2. The zero-order chi connectivity index (χ0) is 14.1. The molecule has 0 atom stereocenters. The van der Waals surface area contributed by atoms with Gasteiger partial charge in [-0.1, -0.05) is 34.1 Å². The van der Waals surface area contributed by atoms with Crippen molar-refractivity contribution in [3.63, 3.8) is 0 Å². The van der Waals surface area contributed by atoms with Gasteiger partial charge in [0.1, 0.15) is 5.82 Å². The third kappa shape index (κ3) is 2.44. The van der Waals surface area contributed by atoms with Crippen LogP contribution in [0, 0.1) is 6.92 Å². The lowest BCUT2D eigenvalue weighted by Crippen LogP contribution is -2.01. The molecule has 0 saturated heterocycles. The van der Waals surface area contributed by atoms with E-state index in [2.05, 4.69) is 31.2 Å². The molecule has 0 radical (unpaired) electrons. The van der Waals surface area contributed by atoms with Crippen LogP contribution in [-0.2, 0) is 0 Å². The Balaban J connectivity index is 2.07. The highest BCUT2D eigenvalue weighted by Gasteiger charge is 2.06. The molecule has 0 aliphatic rings. The molecule has 0 spiro atoms. The molecular formula is C15H13BrN4. The molecule has 3 aromatic rings. The fourth-order valence-corrected chi connectivity index (χ4v) is 2.38. The molecule has 100 valence electrons. The van der Waals surface area contributed by atoms with Gasteiger partial charge in [0.15, 0.2) is 0 Å². The summed E-state index contributed by atoms with van der Waals surface area (Å²) in [6.07, 6.45) is 0. The minimum Gasteiger partial charge on any atom is -0.368 e. The van der Waals surface area contributed by atoms with Crippen LogP contribution in [0.3, 0.4) is 0 Å². The molecule has 3 rings (SSSR count). The van der Waals surface area contributed by atoms with E-state index in [1.807, 2.05) is 49.4 Å². The first-order valence-electron chi connectivity index (χ1n) is 6.19. The molecule has 0 bridgehead atoms. The van der Waals surface area contributed by atoms with E-state index in [4.69, 9.17) is 5.73 Å². The van der Waals surface area contributed by atoms with Crippen LogP contribution < -0.4 is 11.1 Å². The van der Waals surface area contributed by atoms with E-state index in [-0.39, 0.29) is 5.95 Å². The van der Waals surface area contributed by atoms with Gasteiger partial charge in [0.25, 0.3) is 0 Å². The van der Waals surface area contributed by atoms with Gasteiger partial charge in [0, 0.05) is 15.5 Å². The van der Waals surface area contributed by atoms with Gasteiger partial charge < -0.3 is 11.1 Å². The number of benzene rings is 2. The van der Waals surface area contributed by atoms with Gasteiger partial charge in [-0.05, 0) is 36.8 Å². The van der Waals surface area contributed by atoms with Gasteiger partial charge in [0.2, 0.25) is 5.95 Å². The smallest absolute Gasteiger partial charge is 0.222 e. The Bertz CT molecular complexity index is 786. The summed E-state index contributed by atoms with van der Waals surface area (Å²) >= 11 is 3.53. The number of rotatable bonds is 2. The molecule has 3 N–H and O–H groups in total. The average Bonchev–Trinajstić information content (AvgIpc) is 2.43. The Labute approximate surface area is 125 Å². The van der Waals surface area contributed by atoms with Crippen molar-refractivity contribution in [3.05, 3.63) is 52.5 Å². The third-order valence-electron chi connectivity index (χ3n) is 3.06. The van der Waals surface area contributed by atoms with Gasteiger partial charge >= 0.3 is 0 Å². The lowest BCUT2D eigenvalue weighted by atomic mass is 10.2. The van der Waals surface area contributed by atoms with Crippen molar-refractivity contribution < 1.29 is 0 Å². The van der Waals surface area contributed by atoms with E-state index in [9.17, 15) is 0 Å². The fourth-order valence-electron chi connectivity index (χ4n) is 2.00. The van der Waals surface area contributed by atoms with Crippen LogP contribution in [0.5, 0.6) is 0 Å². The minimum absolute atomic E-state index is 0.261. The molecule has 0 amide bonds. The van der Waals surface area contributed by atoms with E-state index in [0.29, 0.717) is 5.82 Å². The number of hydrogen-bond donors (Lipinski definition) is 2. The Morgan fingerprint density at radius 3 is 2.70 bits per heavy atom. The molecule has 0 aliphatic carbocycles. The van der Waals surface area contributed by atoms with Crippen LogP contribution in [0.1, 0.15) is 5.56 Å². The molecule has 20 heavy (non-hydrogen) atoms. The SMILES string of the molecule is Cc1ccc(Nc2nc(N)nc3ccccc23)cc1Br. The summed E-state index contributed by atoms with van der Waals surface area (Å²) < 4.78 is 1.05. The summed E-state index contributed by atoms with van der Waals surface area (Å²) in [5, 5.41) is 4.24. The Hall–Kier alpha value is -2.14. The van der Waals surface area contributed by atoms with Crippen molar-refractivity contribution in [2.24, 2.45) is 0 Å². The Kier molecular flexibility index (Phi) is 3.28. The summed E-state index contributed by atoms with van der Waals surface area (Å²) in [6.45, 7) is 2.05. The van der Waals surface area contributed by atoms with Crippen molar-refractivity contribution >= 4 is 44.3 Å². The molecule has 0 unspecified atom stereocenters. The number of fused-ring (bicyclic) bond motifs is 1. The largest absolute Gasteiger partial charge is 0.368 e. The Morgan fingerprint density at radius 2 is 1.90 bits per heavy atom. The van der Waals surface area contributed by atoms with Crippen molar-refractivity contribution in [1.29, 1.82) is 0 Å². The number of aryl methyl sites for hydroxylation is 1. The Morgan fingerprint density at radius 1 is 1.10 bits per heavy atom. The minimum atomic E-state index is 0.261. The van der Waals surface area contributed by atoms with Crippen LogP contribution in [0.15, 0.2) is 46.9 Å². The summed E-state index contributed by atoms with van der Waals surface area (Å²) in [6, 6.07) is 13.8. The van der Waals surface area contributed by atoms with Crippen molar-refractivity contribution in [3.8, 4) is 0 Å². The third-order valence-corrected chi connectivity index (χ3v) is 3.91. The number of hydrogen-bond acceptors (Lipinski definition) is 4. The van der Waals surface area contributed by atoms with Crippen molar-refractivity contribution in [2.45, 2.75) is 6.92 Å². The predicted octanol–water partition coefficient (Wildman–Crippen LogP) is 4.03. The summed E-state index contributed by atoms with van der Waals surface area (Å²) in [5.41, 5.74) is 8.72. The molecule has 0 aliphatic heterocycles. The van der Waals surface area contributed by atoms with E-state index < -0.39 is 0 Å². The van der Waals surface area contributed by atoms with Crippen LogP contribution in [0.25, 0.3) is 10.9 Å². The van der Waals surface area contributed by atoms with Gasteiger partial charge in [-0.15, -0.1) is 0 Å². The number of aromatic nitrogens is 2. The van der Waals surface area contributed by atoms with E-state index in [1.54, 1.807) is 0 Å². The second kappa shape index (κ2) is 5.09. The molecule has 4 nitrogen and oxygen atoms in total. The number of nitrogens with two attached hydrogens (primary N) is 1. The number of nitrogen functional groups attached to an aromatic ring is 1. The zero-order valence-corrected chi connectivity index (χ0v) is 12.5. The van der Waals surface area contributed by atoms with Crippen LogP contribution >= 0.6 is 15.9 Å². The molecule has 0 saturated carbocycles. The molecule has 0 fully saturated rings. The first-order chi connectivity index (χ1) is 9.63. The number of para-hydroxylation sites is 1. The van der Waals surface area contributed by atoms with E-state index in [0.717, 1.165) is 21.1 Å². The maximum atomic E-state index is 5.76. The highest BCUT2D eigenvalue weighted by molar-refractivity contribution is 9.10. The van der Waals surface area contributed by atoms with Gasteiger partial charge in [-0.3, -0.25) is 0 Å². The molecule has 5 heteroatoms. The van der Waals surface area contributed by atoms with Gasteiger partial charge in [-0.25, -0.2) is 4.98 Å². The van der Waals surface area contributed by atoms with Crippen LogP contribution in [0.2, 0.25) is 0 Å². The number of anilines is 3. The summed E-state index contributed by atoms with van der Waals surface area (Å²) in [4.78, 5) is 8.52. The zero-order valence-electron chi connectivity index (χ0n) is 10.9. The molecule has 1 heterocycles. The second-order valence-corrected chi connectivity index (χ2v) is 5.39. The number of nitrogens with one attached hydrogen (secondary N) is 1. The maximum Gasteiger partial charge on any atom is 0.222 e. The fraction of sp³-hybridized carbons (Fsp3) is 0.0667. The lowest BCUT2D eigenvalue weighted by molar-refractivity contribution is 1.23. The highest BCUT2D eigenvalue weighted by Crippen LogP contribution is 2.27. The predicted molar refractivity (Wildman–Crippen MR) is 86.1 cm³/mol. The van der Waals surface area contributed by atoms with Gasteiger partial charge in [-0.2, -0.15) is 4.98 Å². The normalized spacial score (nSPS) is 10.7. The molecular weight excluding hydrogens is 316 g/mol. The quantitative estimate of drug-likeness (QED) is 0.745. The molecule has 2 aromatic carbocycles. The second-order valence-electron chi connectivity index (χ2n) is 4.54. The highest BCUT2D eigenvalue weighted by atomic mass is 79.9. The van der Waals surface area contributed by atoms with Crippen LogP contribution in [-0.4, -0.2) is 9.97 Å². The summed E-state index contributed by atoms with van der Waals surface area (Å²) in [5.74, 6) is 0.973. The van der Waals surface area contributed by atoms with Crippen molar-refractivity contribution in [2.75, 3.05) is 11.1 Å². The number of halogens is 1. The van der Waals surface area contributed by atoms with E-state index in [1.165, 1.54) is 5.56 Å². The maximum absolute atomic E-state index is 5.76. The first-order valence-corrected chi connectivity index (χ1v) is 6.98. The monoisotopic (exact) mass is 328 g/mol. The van der Waals surface area contributed by atoms with Crippen LogP contribution in [0.4, 0.5) is 17.5 Å². The lowest BCUT2D eigenvalue weighted by Gasteiger charge is -2.10. The average molecular weight is 329 g/mol.